The Morgan fingerprint density at radius 2 is 1.76 bits per heavy atom. The van der Waals surface area contributed by atoms with E-state index in [1.165, 1.54) is 24.3 Å². The van der Waals surface area contributed by atoms with E-state index in [-0.39, 0.29) is 30.1 Å². The zero-order valence-electron chi connectivity index (χ0n) is 16.1. The van der Waals surface area contributed by atoms with E-state index in [4.69, 9.17) is 4.74 Å². The molecule has 0 heterocycles. The summed E-state index contributed by atoms with van der Waals surface area (Å²) in [5.74, 6) is -1.68. The number of benzene rings is 2. The highest BCUT2D eigenvalue weighted by molar-refractivity contribution is 5.95. The van der Waals surface area contributed by atoms with Crippen LogP contribution in [0.3, 0.4) is 0 Å². The van der Waals surface area contributed by atoms with Gasteiger partial charge in [-0.3, -0.25) is 24.5 Å². The Bertz CT molecular complexity index is 942. The molecule has 0 radical (unpaired) electrons. The molecule has 0 aromatic heterocycles. The number of rotatable bonds is 8. The number of anilines is 2. The number of hydrogen-bond donors (Lipinski definition) is 2. The summed E-state index contributed by atoms with van der Waals surface area (Å²) in [7, 11) is 0. The van der Waals surface area contributed by atoms with E-state index < -0.39 is 23.4 Å². The molecule has 2 rings (SSSR count). The third-order valence-electron chi connectivity index (χ3n) is 3.92. The van der Waals surface area contributed by atoms with Crippen LogP contribution in [0.15, 0.2) is 42.5 Å². The average Bonchev–Trinajstić information content (AvgIpc) is 2.67. The van der Waals surface area contributed by atoms with Crippen molar-refractivity contribution in [1.29, 1.82) is 0 Å². The third kappa shape index (κ3) is 7.06. The standard InChI is InChI=1S/C20H21N3O6/c1-13-6-7-17(14(2)10-13)22-18(24)8-9-20(26)29-12-19(25)21-15-4-3-5-16(11-15)23(27)28/h3-7,10-11H,8-9,12H2,1-2H3,(H,21,25)(H,22,24). The second kappa shape index (κ2) is 9.98. The lowest BCUT2D eigenvalue weighted by molar-refractivity contribution is -0.384. The van der Waals surface area contributed by atoms with E-state index in [9.17, 15) is 24.5 Å². The molecular weight excluding hydrogens is 378 g/mol. The lowest BCUT2D eigenvalue weighted by atomic mass is 10.1. The highest BCUT2D eigenvalue weighted by atomic mass is 16.6. The topological polar surface area (TPSA) is 128 Å². The van der Waals surface area contributed by atoms with E-state index in [0.29, 0.717) is 5.69 Å². The average molecular weight is 399 g/mol. The summed E-state index contributed by atoms with van der Waals surface area (Å²) in [4.78, 5) is 45.6. The molecule has 0 unspecified atom stereocenters. The molecule has 2 aromatic rings. The Kier molecular flexibility index (Phi) is 7.41. The first kappa shape index (κ1) is 21.5. The monoisotopic (exact) mass is 399 g/mol. The minimum absolute atomic E-state index is 0.0847. The highest BCUT2D eigenvalue weighted by Crippen LogP contribution is 2.17. The van der Waals surface area contributed by atoms with Crippen LogP contribution in [-0.2, 0) is 19.1 Å². The zero-order valence-corrected chi connectivity index (χ0v) is 16.1. The maximum Gasteiger partial charge on any atom is 0.306 e. The number of nitrogens with zero attached hydrogens (tertiary/aromatic N) is 1. The summed E-state index contributed by atoms with van der Waals surface area (Å²) >= 11 is 0. The SMILES string of the molecule is Cc1ccc(NC(=O)CCC(=O)OCC(=O)Nc2cccc([N+](=O)[O-])c2)c(C)c1. The van der Waals surface area contributed by atoms with Crippen molar-refractivity contribution in [2.75, 3.05) is 17.2 Å². The number of carbonyl (C=O) groups is 3. The molecule has 152 valence electrons. The molecule has 0 aliphatic heterocycles. The third-order valence-corrected chi connectivity index (χ3v) is 3.92. The largest absolute Gasteiger partial charge is 0.456 e. The van der Waals surface area contributed by atoms with Gasteiger partial charge < -0.3 is 15.4 Å². The van der Waals surface area contributed by atoms with E-state index in [2.05, 4.69) is 10.6 Å². The van der Waals surface area contributed by atoms with Crippen molar-refractivity contribution in [3.05, 3.63) is 63.7 Å². The van der Waals surface area contributed by atoms with Gasteiger partial charge in [-0.2, -0.15) is 0 Å². The van der Waals surface area contributed by atoms with Gasteiger partial charge in [0.05, 0.1) is 11.3 Å². The molecule has 2 aromatic carbocycles. The van der Waals surface area contributed by atoms with Gasteiger partial charge in [-0.05, 0) is 31.5 Å². The summed E-state index contributed by atoms with van der Waals surface area (Å²) in [6.45, 7) is 3.26. The molecule has 9 nitrogen and oxygen atoms in total. The lowest BCUT2D eigenvalue weighted by Crippen LogP contribution is -2.22. The molecule has 9 heteroatoms. The van der Waals surface area contributed by atoms with Gasteiger partial charge in [-0.1, -0.05) is 23.8 Å². The van der Waals surface area contributed by atoms with Gasteiger partial charge in [0, 0.05) is 29.9 Å². The molecule has 0 bridgehead atoms. The second-order valence-electron chi connectivity index (χ2n) is 6.38. The predicted molar refractivity (Wildman–Crippen MR) is 106 cm³/mol. The predicted octanol–water partition coefficient (Wildman–Crippen LogP) is 3.11. The van der Waals surface area contributed by atoms with Gasteiger partial charge in [0.25, 0.3) is 11.6 Å². The number of nitro benzene ring substituents is 1. The normalized spacial score (nSPS) is 10.1. The first-order valence-corrected chi connectivity index (χ1v) is 8.81. The molecule has 0 saturated heterocycles. The summed E-state index contributed by atoms with van der Waals surface area (Å²) in [5, 5.41) is 15.8. The van der Waals surface area contributed by atoms with Crippen molar-refractivity contribution < 1.29 is 24.0 Å². The number of ether oxygens (including phenoxy) is 1. The van der Waals surface area contributed by atoms with E-state index in [0.717, 1.165) is 11.1 Å². The summed E-state index contributed by atoms with van der Waals surface area (Å²) in [5.41, 5.74) is 2.71. The fraction of sp³-hybridized carbons (Fsp3) is 0.250. The fourth-order valence-electron chi connectivity index (χ4n) is 2.49. The Morgan fingerprint density at radius 1 is 1.00 bits per heavy atom. The summed E-state index contributed by atoms with van der Waals surface area (Å²) < 4.78 is 4.83. The molecule has 29 heavy (non-hydrogen) atoms. The van der Waals surface area contributed by atoms with Crippen LogP contribution in [0.25, 0.3) is 0 Å². The first-order chi connectivity index (χ1) is 13.7. The van der Waals surface area contributed by atoms with Crippen molar-refractivity contribution in [3.63, 3.8) is 0 Å². The van der Waals surface area contributed by atoms with Crippen LogP contribution in [0.4, 0.5) is 17.1 Å². The molecular formula is C20H21N3O6. The number of esters is 1. The summed E-state index contributed by atoms with van der Waals surface area (Å²) in [6, 6.07) is 11.0. The van der Waals surface area contributed by atoms with E-state index >= 15 is 0 Å². The van der Waals surface area contributed by atoms with Crippen LogP contribution in [0.2, 0.25) is 0 Å². The first-order valence-electron chi connectivity index (χ1n) is 8.81. The van der Waals surface area contributed by atoms with Crippen LogP contribution >= 0.6 is 0 Å². The highest BCUT2D eigenvalue weighted by Gasteiger charge is 2.13. The lowest BCUT2D eigenvalue weighted by Gasteiger charge is -2.09. The molecule has 0 spiro atoms. The maximum atomic E-state index is 12.0. The van der Waals surface area contributed by atoms with Crippen molar-refractivity contribution in [1.82, 2.24) is 0 Å². The minimum atomic E-state index is -0.699. The van der Waals surface area contributed by atoms with E-state index in [1.807, 2.05) is 26.0 Å². The van der Waals surface area contributed by atoms with Gasteiger partial charge in [0.2, 0.25) is 5.91 Å². The van der Waals surface area contributed by atoms with Crippen LogP contribution < -0.4 is 10.6 Å². The van der Waals surface area contributed by atoms with Gasteiger partial charge in [-0.25, -0.2) is 0 Å². The number of nitro groups is 1. The Morgan fingerprint density at radius 3 is 2.45 bits per heavy atom. The van der Waals surface area contributed by atoms with Gasteiger partial charge >= 0.3 is 5.97 Å². The number of carbonyl (C=O) groups excluding carboxylic acids is 3. The molecule has 0 atom stereocenters. The zero-order chi connectivity index (χ0) is 21.4. The van der Waals surface area contributed by atoms with Gasteiger partial charge in [-0.15, -0.1) is 0 Å². The Balaban J connectivity index is 1.73. The van der Waals surface area contributed by atoms with Crippen molar-refractivity contribution in [2.45, 2.75) is 26.7 Å². The van der Waals surface area contributed by atoms with Crippen LogP contribution in [0.1, 0.15) is 24.0 Å². The van der Waals surface area contributed by atoms with Crippen molar-refractivity contribution in [2.24, 2.45) is 0 Å². The number of non-ortho nitro benzene ring substituents is 1. The number of aryl methyl sites for hydroxylation is 2. The molecule has 0 fully saturated rings. The summed E-state index contributed by atoms with van der Waals surface area (Å²) in [6.07, 6.45) is -0.264. The van der Waals surface area contributed by atoms with Gasteiger partial charge in [0.1, 0.15) is 0 Å². The number of amides is 2. The smallest absolute Gasteiger partial charge is 0.306 e. The molecule has 0 aliphatic carbocycles. The van der Waals surface area contributed by atoms with Gasteiger partial charge in [0.15, 0.2) is 6.61 Å². The van der Waals surface area contributed by atoms with Crippen LogP contribution in [-0.4, -0.2) is 29.3 Å². The second-order valence-corrected chi connectivity index (χ2v) is 6.38. The maximum absolute atomic E-state index is 12.0. The van der Waals surface area contributed by atoms with Crippen molar-refractivity contribution in [3.8, 4) is 0 Å². The van der Waals surface area contributed by atoms with Crippen molar-refractivity contribution >= 4 is 34.8 Å². The van der Waals surface area contributed by atoms with Crippen LogP contribution in [0.5, 0.6) is 0 Å². The molecule has 2 amide bonds. The number of hydrogen-bond acceptors (Lipinski definition) is 6. The molecule has 0 saturated carbocycles. The quantitative estimate of drug-likeness (QED) is 0.399. The molecule has 0 aliphatic rings. The minimum Gasteiger partial charge on any atom is -0.456 e. The number of nitrogens with one attached hydrogen (secondary N) is 2. The Hall–Kier alpha value is -3.75. The van der Waals surface area contributed by atoms with E-state index in [1.54, 1.807) is 6.07 Å². The van der Waals surface area contributed by atoms with Crippen LogP contribution in [0, 0.1) is 24.0 Å². The fourth-order valence-corrected chi connectivity index (χ4v) is 2.49. The Labute approximate surface area is 167 Å². The molecule has 2 N–H and O–H groups in total.